The van der Waals surface area contributed by atoms with Crippen LogP contribution in [-0.4, -0.2) is 17.7 Å². The lowest BCUT2D eigenvalue weighted by molar-refractivity contribution is 0.165. The second-order valence-corrected chi connectivity index (χ2v) is 5.75. The van der Waals surface area contributed by atoms with Crippen LogP contribution in [0.3, 0.4) is 0 Å². The van der Waals surface area contributed by atoms with Crippen LogP contribution in [0.15, 0.2) is 24.3 Å². The van der Waals surface area contributed by atoms with Gasteiger partial charge in [-0.1, -0.05) is 36.6 Å². The first-order valence-corrected chi connectivity index (χ1v) is 7.21. The highest BCUT2D eigenvalue weighted by molar-refractivity contribution is 6.30. The Morgan fingerprint density at radius 2 is 1.89 bits per heavy atom. The number of aliphatic hydroxyl groups is 1. The molecule has 3 heteroatoms. The Morgan fingerprint density at radius 1 is 1.28 bits per heavy atom. The summed E-state index contributed by atoms with van der Waals surface area (Å²) in [4.78, 5) is 0. The molecule has 1 aromatic carbocycles. The Balaban J connectivity index is 1.80. The van der Waals surface area contributed by atoms with Gasteiger partial charge in [-0.25, -0.2) is 0 Å². The zero-order chi connectivity index (χ0) is 13.0. The molecule has 2 atom stereocenters. The van der Waals surface area contributed by atoms with Crippen molar-refractivity contribution in [2.75, 3.05) is 6.54 Å². The van der Waals surface area contributed by atoms with E-state index >= 15 is 0 Å². The summed E-state index contributed by atoms with van der Waals surface area (Å²) in [7, 11) is 0. The van der Waals surface area contributed by atoms with Gasteiger partial charge in [0.1, 0.15) is 0 Å². The van der Waals surface area contributed by atoms with Gasteiger partial charge in [-0.05, 0) is 43.4 Å². The zero-order valence-electron chi connectivity index (χ0n) is 10.9. The van der Waals surface area contributed by atoms with E-state index in [4.69, 9.17) is 11.6 Å². The highest BCUT2D eigenvalue weighted by Crippen LogP contribution is 2.27. The van der Waals surface area contributed by atoms with Crippen LogP contribution >= 0.6 is 11.6 Å². The minimum absolute atomic E-state index is 0.453. The lowest BCUT2D eigenvalue weighted by atomic mass is 9.99. The van der Waals surface area contributed by atoms with Crippen LogP contribution in [-0.2, 0) is 0 Å². The van der Waals surface area contributed by atoms with Crippen molar-refractivity contribution in [2.24, 2.45) is 5.92 Å². The zero-order valence-corrected chi connectivity index (χ0v) is 11.7. The summed E-state index contributed by atoms with van der Waals surface area (Å²) in [5.74, 6) is 0.780. The minimum atomic E-state index is -0.453. The topological polar surface area (TPSA) is 32.3 Å². The number of aliphatic hydroxyl groups excluding tert-OH is 1. The molecular weight excluding hydrogens is 246 g/mol. The van der Waals surface area contributed by atoms with E-state index < -0.39 is 6.10 Å². The van der Waals surface area contributed by atoms with E-state index in [0.717, 1.165) is 11.5 Å². The fraction of sp³-hybridized carbons (Fsp3) is 0.600. The third-order valence-electron chi connectivity index (χ3n) is 3.99. The molecule has 2 nitrogen and oxygen atoms in total. The molecule has 2 unspecified atom stereocenters. The van der Waals surface area contributed by atoms with E-state index in [0.29, 0.717) is 17.6 Å². The molecule has 2 N–H and O–H groups in total. The predicted octanol–water partition coefficient (Wildman–Crippen LogP) is 3.54. The van der Waals surface area contributed by atoms with Crippen LogP contribution in [0.25, 0.3) is 0 Å². The van der Waals surface area contributed by atoms with E-state index in [1.165, 1.54) is 25.7 Å². The van der Waals surface area contributed by atoms with Gasteiger partial charge in [-0.2, -0.15) is 0 Å². The minimum Gasteiger partial charge on any atom is -0.387 e. The average molecular weight is 268 g/mol. The SMILES string of the molecule is CC(NCC(O)c1ccc(Cl)cc1)C1CCCC1. The Hall–Kier alpha value is -0.570. The first kappa shape index (κ1) is 13.9. The molecule has 0 aliphatic heterocycles. The molecule has 1 saturated carbocycles. The van der Waals surface area contributed by atoms with Gasteiger partial charge in [-0.15, -0.1) is 0 Å². The molecule has 0 saturated heterocycles. The maximum atomic E-state index is 10.1. The van der Waals surface area contributed by atoms with Crippen LogP contribution in [0, 0.1) is 5.92 Å². The Morgan fingerprint density at radius 3 is 2.50 bits per heavy atom. The molecule has 1 aliphatic rings. The van der Waals surface area contributed by atoms with Crippen LogP contribution < -0.4 is 5.32 Å². The molecule has 1 aromatic rings. The maximum Gasteiger partial charge on any atom is 0.0914 e. The normalized spacial score (nSPS) is 19.9. The van der Waals surface area contributed by atoms with Crippen LogP contribution in [0.2, 0.25) is 5.02 Å². The van der Waals surface area contributed by atoms with Crippen molar-refractivity contribution < 1.29 is 5.11 Å². The Labute approximate surface area is 114 Å². The van der Waals surface area contributed by atoms with Gasteiger partial charge < -0.3 is 10.4 Å². The number of hydrogen-bond donors (Lipinski definition) is 2. The number of benzene rings is 1. The molecular formula is C15H22ClNO. The summed E-state index contributed by atoms with van der Waals surface area (Å²) in [5, 5.41) is 14.3. The van der Waals surface area contributed by atoms with Gasteiger partial charge in [0.05, 0.1) is 6.10 Å². The fourth-order valence-electron chi connectivity index (χ4n) is 2.72. The Bertz CT molecular complexity index is 359. The maximum absolute atomic E-state index is 10.1. The third-order valence-corrected chi connectivity index (χ3v) is 4.25. The van der Waals surface area contributed by atoms with Gasteiger partial charge in [0.25, 0.3) is 0 Å². The molecule has 0 spiro atoms. The first-order chi connectivity index (χ1) is 8.66. The average Bonchev–Trinajstić information content (AvgIpc) is 2.90. The summed E-state index contributed by atoms with van der Waals surface area (Å²) >= 11 is 5.83. The molecule has 1 aliphatic carbocycles. The molecule has 18 heavy (non-hydrogen) atoms. The van der Waals surface area contributed by atoms with E-state index in [1.54, 1.807) is 0 Å². The van der Waals surface area contributed by atoms with Crippen molar-refractivity contribution in [3.63, 3.8) is 0 Å². The number of hydrogen-bond acceptors (Lipinski definition) is 2. The fourth-order valence-corrected chi connectivity index (χ4v) is 2.85. The summed E-state index contributed by atoms with van der Waals surface area (Å²) in [6.45, 7) is 2.84. The highest BCUT2D eigenvalue weighted by Gasteiger charge is 2.21. The van der Waals surface area contributed by atoms with Crippen molar-refractivity contribution in [1.82, 2.24) is 5.32 Å². The van der Waals surface area contributed by atoms with Gasteiger partial charge in [-0.3, -0.25) is 0 Å². The Kier molecular flexibility index (Phi) is 5.04. The summed E-state index contributed by atoms with van der Waals surface area (Å²) < 4.78 is 0. The van der Waals surface area contributed by atoms with Gasteiger partial charge in [0, 0.05) is 17.6 Å². The van der Waals surface area contributed by atoms with E-state index in [-0.39, 0.29) is 0 Å². The second-order valence-electron chi connectivity index (χ2n) is 5.31. The molecule has 0 amide bonds. The lowest BCUT2D eigenvalue weighted by Crippen LogP contribution is -2.35. The van der Waals surface area contributed by atoms with Crippen LogP contribution in [0.4, 0.5) is 0 Å². The van der Waals surface area contributed by atoms with Crippen LogP contribution in [0.5, 0.6) is 0 Å². The second kappa shape index (κ2) is 6.55. The third kappa shape index (κ3) is 3.71. The van der Waals surface area contributed by atoms with Crippen molar-refractivity contribution in [2.45, 2.75) is 44.8 Å². The highest BCUT2D eigenvalue weighted by atomic mass is 35.5. The van der Waals surface area contributed by atoms with E-state index in [2.05, 4.69) is 12.2 Å². The molecule has 0 bridgehead atoms. The van der Waals surface area contributed by atoms with Crippen molar-refractivity contribution in [3.8, 4) is 0 Å². The number of nitrogens with one attached hydrogen (secondary N) is 1. The summed E-state index contributed by atoms with van der Waals surface area (Å²) in [5.41, 5.74) is 0.922. The summed E-state index contributed by atoms with van der Waals surface area (Å²) in [6.07, 6.45) is 4.91. The molecule has 1 fully saturated rings. The predicted molar refractivity (Wildman–Crippen MR) is 75.8 cm³/mol. The molecule has 0 heterocycles. The largest absolute Gasteiger partial charge is 0.387 e. The quantitative estimate of drug-likeness (QED) is 0.855. The van der Waals surface area contributed by atoms with Crippen molar-refractivity contribution in [3.05, 3.63) is 34.9 Å². The van der Waals surface area contributed by atoms with Gasteiger partial charge in [0.2, 0.25) is 0 Å². The number of rotatable bonds is 5. The van der Waals surface area contributed by atoms with Crippen molar-refractivity contribution in [1.29, 1.82) is 0 Å². The lowest BCUT2D eigenvalue weighted by Gasteiger charge is -2.22. The summed E-state index contributed by atoms with van der Waals surface area (Å²) in [6, 6.07) is 7.90. The van der Waals surface area contributed by atoms with Gasteiger partial charge in [0.15, 0.2) is 0 Å². The van der Waals surface area contributed by atoms with E-state index in [9.17, 15) is 5.11 Å². The molecule has 2 rings (SSSR count). The van der Waals surface area contributed by atoms with Crippen molar-refractivity contribution >= 4 is 11.6 Å². The van der Waals surface area contributed by atoms with E-state index in [1.807, 2.05) is 24.3 Å². The number of halogens is 1. The molecule has 0 radical (unpaired) electrons. The molecule has 0 aromatic heterocycles. The monoisotopic (exact) mass is 267 g/mol. The molecule has 100 valence electrons. The van der Waals surface area contributed by atoms with Gasteiger partial charge >= 0.3 is 0 Å². The van der Waals surface area contributed by atoms with Crippen LogP contribution in [0.1, 0.15) is 44.3 Å². The first-order valence-electron chi connectivity index (χ1n) is 6.83. The standard InChI is InChI=1S/C15H22ClNO/c1-11(12-4-2-3-5-12)17-10-15(18)13-6-8-14(16)9-7-13/h6-9,11-12,15,17-18H,2-5,10H2,1H3. The smallest absolute Gasteiger partial charge is 0.0914 e.